The molecule has 3 aromatic rings. The van der Waals surface area contributed by atoms with Crippen molar-refractivity contribution >= 4 is 39.4 Å². The third kappa shape index (κ3) is 3.16. The van der Waals surface area contributed by atoms with Crippen molar-refractivity contribution in [2.24, 2.45) is 0 Å². The summed E-state index contributed by atoms with van der Waals surface area (Å²) < 4.78 is 0.929. The monoisotopic (exact) mass is 420 g/mol. The van der Waals surface area contributed by atoms with E-state index in [4.69, 9.17) is 0 Å². The largest absolute Gasteiger partial charge is 0.353 e. The lowest BCUT2D eigenvalue weighted by Gasteiger charge is -2.35. The Morgan fingerprint density at radius 2 is 1.96 bits per heavy atom. The molecule has 0 saturated carbocycles. The van der Waals surface area contributed by atoms with Crippen LogP contribution in [0.4, 0.5) is 5.82 Å². The molecular weight excluding hydrogens is 403 g/mol. The zero-order chi connectivity index (χ0) is 15.6. The van der Waals surface area contributed by atoms with E-state index in [2.05, 4.69) is 70.9 Å². The van der Waals surface area contributed by atoms with Crippen LogP contribution in [-0.4, -0.2) is 51.2 Å². The van der Waals surface area contributed by atoms with Crippen LogP contribution in [-0.2, 0) is 6.54 Å². The summed E-state index contributed by atoms with van der Waals surface area (Å²) >= 11 is 2.18. The molecule has 1 aliphatic heterocycles. The number of hydrogen-bond acceptors (Lipinski definition) is 5. The molecule has 0 unspecified atom stereocenters. The predicted octanol–water partition coefficient (Wildman–Crippen LogP) is 2.28. The summed E-state index contributed by atoms with van der Waals surface area (Å²) in [6.07, 6.45) is 3.90. The van der Waals surface area contributed by atoms with Gasteiger partial charge in [0.05, 0.1) is 0 Å². The Kier molecular flexibility index (Phi) is 4.13. The van der Waals surface area contributed by atoms with E-state index in [9.17, 15) is 0 Å². The number of H-pyrrole nitrogens is 1. The molecule has 1 N–H and O–H groups in total. The molecule has 4 heterocycles. The van der Waals surface area contributed by atoms with Gasteiger partial charge in [0.1, 0.15) is 9.35 Å². The van der Waals surface area contributed by atoms with E-state index >= 15 is 0 Å². The second-order valence-corrected chi connectivity index (χ2v) is 6.80. The lowest BCUT2D eigenvalue weighted by atomic mass is 10.2. The van der Waals surface area contributed by atoms with Gasteiger partial charge < -0.3 is 9.88 Å². The summed E-state index contributed by atoms with van der Waals surface area (Å²) in [5, 5.41) is 9.64. The third-order valence-electron chi connectivity index (χ3n) is 4.24. The number of hydrogen-bond donors (Lipinski definition) is 1. The zero-order valence-corrected chi connectivity index (χ0v) is 14.8. The van der Waals surface area contributed by atoms with Crippen molar-refractivity contribution in [2.75, 3.05) is 31.1 Å². The predicted molar refractivity (Wildman–Crippen MR) is 98.3 cm³/mol. The molecule has 23 heavy (non-hydrogen) atoms. The molecule has 0 aliphatic carbocycles. The van der Waals surface area contributed by atoms with Gasteiger partial charge >= 0.3 is 0 Å². The summed E-state index contributed by atoms with van der Waals surface area (Å²) in [5.74, 6) is 0.973. The Balaban J connectivity index is 1.41. The molecule has 1 fully saturated rings. The number of piperazine rings is 1. The summed E-state index contributed by atoms with van der Waals surface area (Å²) in [4.78, 5) is 12.4. The second kappa shape index (κ2) is 6.40. The van der Waals surface area contributed by atoms with Crippen LogP contribution in [0, 0.1) is 3.70 Å². The van der Waals surface area contributed by atoms with Crippen LogP contribution >= 0.6 is 22.6 Å². The molecule has 1 aliphatic rings. The first kappa shape index (κ1) is 14.8. The number of anilines is 1. The average Bonchev–Trinajstić information content (AvgIpc) is 3.00. The molecule has 0 atom stereocenters. The normalized spacial score (nSPS) is 16.1. The molecule has 0 aromatic carbocycles. The standard InChI is InChI=1S/C16H17IN6/c17-14-3-4-15(21-20-14)23-8-6-22(7-9-23)11-12-10-19-16-13(12)2-1-5-18-16/h1-5,10H,6-9,11H2,(H,18,19). The Morgan fingerprint density at radius 3 is 2.74 bits per heavy atom. The number of nitrogens with one attached hydrogen (secondary N) is 1. The lowest BCUT2D eigenvalue weighted by molar-refractivity contribution is 0.250. The van der Waals surface area contributed by atoms with Gasteiger partial charge in [-0.05, 0) is 52.4 Å². The Labute approximate surface area is 148 Å². The van der Waals surface area contributed by atoms with Gasteiger partial charge in [0, 0.05) is 50.5 Å². The van der Waals surface area contributed by atoms with E-state index in [0.29, 0.717) is 0 Å². The molecule has 6 nitrogen and oxygen atoms in total. The maximum Gasteiger partial charge on any atom is 0.151 e. The molecule has 1 saturated heterocycles. The topological polar surface area (TPSA) is 60.9 Å². The van der Waals surface area contributed by atoms with Gasteiger partial charge in [-0.1, -0.05) is 0 Å². The van der Waals surface area contributed by atoms with Crippen LogP contribution in [0.15, 0.2) is 36.7 Å². The van der Waals surface area contributed by atoms with E-state index in [1.807, 2.05) is 18.3 Å². The van der Waals surface area contributed by atoms with Crippen molar-refractivity contribution in [2.45, 2.75) is 6.54 Å². The molecule has 0 radical (unpaired) electrons. The highest BCUT2D eigenvalue weighted by molar-refractivity contribution is 14.1. The van der Waals surface area contributed by atoms with Crippen LogP contribution in [0.25, 0.3) is 11.0 Å². The van der Waals surface area contributed by atoms with Crippen LogP contribution in [0.1, 0.15) is 5.56 Å². The van der Waals surface area contributed by atoms with E-state index < -0.39 is 0 Å². The minimum absolute atomic E-state index is 0.929. The molecule has 0 spiro atoms. The van der Waals surface area contributed by atoms with Gasteiger partial charge in [0.2, 0.25) is 0 Å². The number of rotatable bonds is 3. The summed E-state index contributed by atoms with van der Waals surface area (Å²) in [6.45, 7) is 4.98. The quantitative estimate of drug-likeness (QED) is 0.659. The third-order valence-corrected chi connectivity index (χ3v) is 4.82. The zero-order valence-electron chi connectivity index (χ0n) is 12.6. The summed E-state index contributed by atoms with van der Waals surface area (Å²) in [6, 6.07) is 8.18. The maximum atomic E-state index is 4.36. The van der Waals surface area contributed by atoms with Gasteiger partial charge in [-0.2, -0.15) is 0 Å². The molecule has 0 amide bonds. The minimum Gasteiger partial charge on any atom is -0.353 e. The fourth-order valence-corrected chi connectivity index (χ4v) is 3.28. The van der Waals surface area contributed by atoms with Crippen molar-refractivity contribution in [1.29, 1.82) is 0 Å². The maximum absolute atomic E-state index is 4.36. The van der Waals surface area contributed by atoms with Crippen LogP contribution in [0.2, 0.25) is 0 Å². The summed E-state index contributed by atoms with van der Waals surface area (Å²) in [7, 11) is 0. The lowest BCUT2D eigenvalue weighted by Crippen LogP contribution is -2.46. The van der Waals surface area contributed by atoms with E-state index in [-0.39, 0.29) is 0 Å². The number of nitrogens with zero attached hydrogens (tertiary/aromatic N) is 5. The first-order chi connectivity index (χ1) is 11.3. The number of aromatic nitrogens is 4. The van der Waals surface area contributed by atoms with Gasteiger partial charge in [-0.3, -0.25) is 4.90 Å². The number of fused-ring (bicyclic) bond motifs is 1. The average molecular weight is 420 g/mol. The van der Waals surface area contributed by atoms with Crippen molar-refractivity contribution in [3.63, 3.8) is 0 Å². The SMILES string of the molecule is Ic1ccc(N2CCN(Cc3c[nH]c4ncccc34)CC2)nn1. The van der Waals surface area contributed by atoms with Gasteiger partial charge in [-0.15, -0.1) is 10.2 Å². The minimum atomic E-state index is 0.929. The van der Waals surface area contributed by atoms with E-state index in [1.54, 1.807) is 0 Å². The smallest absolute Gasteiger partial charge is 0.151 e. The Bertz CT molecular complexity index is 792. The van der Waals surface area contributed by atoms with Crippen molar-refractivity contribution in [3.8, 4) is 0 Å². The van der Waals surface area contributed by atoms with E-state index in [1.165, 1.54) is 10.9 Å². The summed E-state index contributed by atoms with van der Waals surface area (Å²) in [5.41, 5.74) is 2.28. The Hall–Kier alpha value is -1.74. The van der Waals surface area contributed by atoms with Crippen LogP contribution in [0.5, 0.6) is 0 Å². The van der Waals surface area contributed by atoms with Crippen LogP contribution < -0.4 is 4.90 Å². The van der Waals surface area contributed by atoms with Gasteiger partial charge in [0.25, 0.3) is 0 Å². The molecule has 0 bridgehead atoms. The van der Waals surface area contributed by atoms with Gasteiger partial charge in [-0.25, -0.2) is 4.98 Å². The Morgan fingerprint density at radius 1 is 1.09 bits per heavy atom. The molecular formula is C16H17IN6. The fraction of sp³-hybridized carbons (Fsp3) is 0.312. The highest BCUT2D eigenvalue weighted by Crippen LogP contribution is 2.19. The molecule has 4 rings (SSSR count). The van der Waals surface area contributed by atoms with Gasteiger partial charge in [0.15, 0.2) is 5.82 Å². The van der Waals surface area contributed by atoms with Crippen molar-refractivity contribution in [1.82, 2.24) is 25.1 Å². The van der Waals surface area contributed by atoms with E-state index in [0.717, 1.165) is 47.9 Å². The highest BCUT2D eigenvalue weighted by atomic mass is 127. The fourth-order valence-electron chi connectivity index (χ4n) is 3.00. The molecule has 118 valence electrons. The second-order valence-electron chi connectivity index (χ2n) is 5.69. The number of pyridine rings is 1. The highest BCUT2D eigenvalue weighted by Gasteiger charge is 2.19. The number of halogens is 1. The van der Waals surface area contributed by atoms with Crippen molar-refractivity contribution in [3.05, 3.63) is 45.9 Å². The molecule has 7 heteroatoms. The van der Waals surface area contributed by atoms with Crippen LogP contribution in [0.3, 0.4) is 0 Å². The number of aromatic amines is 1. The molecule has 3 aromatic heterocycles. The first-order valence-electron chi connectivity index (χ1n) is 7.67. The van der Waals surface area contributed by atoms with Crippen molar-refractivity contribution < 1.29 is 0 Å². The first-order valence-corrected chi connectivity index (χ1v) is 8.75.